The van der Waals surface area contributed by atoms with Crippen molar-refractivity contribution in [1.82, 2.24) is 24.5 Å². The highest BCUT2D eigenvalue weighted by molar-refractivity contribution is 6.00. The van der Waals surface area contributed by atoms with Crippen LogP contribution in [0.25, 0.3) is 5.82 Å². The summed E-state index contributed by atoms with van der Waals surface area (Å²) in [5, 5.41) is 28.2. The second-order valence-electron chi connectivity index (χ2n) is 10.2. The number of nitrogens with zero attached hydrogens (tertiary/aromatic N) is 6. The van der Waals surface area contributed by atoms with Crippen LogP contribution < -0.4 is 0 Å². The van der Waals surface area contributed by atoms with E-state index in [1.54, 1.807) is 22.0 Å². The minimum atomic E-state index is -0.264. The third-order valence-electron chi connectivity index (χ3n) is 7.18. The average Bonchev–Trinajstić information content (AvgIpc) is 3.31. The van der Waals surface area contributed by atoms with Crippen LogP contribution >= 0.6 is 0 Å². The van der Waals surface area contributed by atoms with Gasteiger partial charge in [-0.15, -0.1) is 0 Å². The van der Waals surface area contributed by atoms with Crippen LogP contribution in [-0.2, 0) is 5.54 Å². The molecule has 0 spiro atoms. The van der Waals surface area contributed by atoms with E-state index in [1.165, 1.54) is 32.1 Å². The lowest BCUT2D eigenvalue weighted by Crippen LogP contribution is -2.56. The van der Waals surface area contributed by atoms with Gasteiger partial charge in [0.25, 0.3) is 0 Å². The Morgan fingerprint density at radius 1 is 1.14 bits per heavy atom. The van der Waals surface area contributed by atoms with Crippen molar-refractivity contribution < 1.29 is 0 Å². The van der Waals surface area contributed by atoms with E-state index in [4.69, 9.17) is 5.41 Å². The molecule has 7 nitrogen and oxygen atoms in total. The maximum atomic E-state index is 10.1. The second kappa shape index (κ2) is 6.45. The standard InChI is InChI=1S/C22H29N7/c1-22(2,3)29-21(28-6-4-5-25-28)18(12-26-29)20(24)27(13-23)19-16-8-14-7-15(10-16)11-17(19)9-14/h4-6,12,14-17,19,24H,7-11H2,1-3H3. The predicted octanol–water partition coefficient (Wildman–Crippen LogP) is 3.76. The molecule has 4 aliphatic rings. The van der Waals surface area contributed by atoms with Gasteiger partial charge < -0.3 is 0 Å². The van der Waals surface area contributed by atoms with Gasteiger partial charge in [-0.1, -0.05) is 0 Å². The molecule has 0 aromatic carbocycles. The lowest BCUT2D eigenvalue weighted by Gasteiger charge is -2.56. The van der Waals surface area contributed by atoms with Crippen molar-refractivity contribution in [3.63, 3.8) is 0 Å². The van der Waals surface area contributed by atoms with Crippen LogP contribution in [0.2, 0.25) is 0 Å². The molecule has 29 heavy (non-hydrogen) atoms. The molecule has 0 radical (unpaired) electrons. The third-order valence-corrected chi connectivity index (χ3v) is 7.18. The molecule has 4 saturated carbocycles. The van der Waals surface area contributed by atoms with Gasteiger partial charge in [0.1, 0.15) is 5.84 Å². The summed E-state index contributed by atoms with van der Waals surface area (Å²) in [6.07, 6.45) is 14.0. The minimum Gasteiger partial charge on any atom is -0.283 e. The van der Waals surface area contributed by atoms with Crippen LogP contribution in [0.5, 0.6) is 0 Å². The Labute approximate surface area is 171 Å². The predicted molar refractivity (Wildman–Crippen MR) is 109 cm³/mol. The van der Waals surface area contributed by atoms with Crippen LogP contribution in [0.15, 0.2) is 24.7 Å². The van der Waals surface area contributed by atoms with Crippen molar-refractivity contribution in [2.24, 2.45) is 23.7 Å². The lowest BCUT2D eigenvalue weighted by molar-refractivity contribution is -0.0324. The first kappa shape index (κ1) is 18.4. The number of rotatable bonds is 3. The highest BCUT2D eigenvalue weighted by Crippen LogP contribution is 2.55. The van der Waals surface area contributed by atoms with E-state index in [9.17, 15) is 5.26 Å². The Balaban J connectivity index is 1.53. The molecule has 0 atom stereocenters. The summed E-state index contributed by atoms with van der Waals surface area (Å²) in [7, 11) is 0. The fourth-order valence-electron chi connectivity index (χ4n) is 6.33. The molecule has 0 unspecified atom stereocenters. The summed E-state index contributed by atoms with van der Waals surface area (Å²) in [5.74, 6) is 3.76. The van der Waals surface area contributed by atoms with E-state index in [0.29, 0.717) is 17.4 Å². The zero-order chi connectivity index (χ0) is 20.3. The first-order chi connectivity index (χ1) is 13.9. The van der Waals surface area contributed by atoms with Gasteiger partial charge in [-0.3, -0.25) is 10.3 Å². The molecule has 1 N–H and O–H groups in total. The Morgan fingerprint density at radius 3 is 2.31 bits per heavy atom. The van der Waals surface area contributed by atoms with Crippen LogP contribution in [0.4, 0.5) is 0 Å². The first-order valence-corrected chi connectivity index (χ1v) is 10.7. The molecule has 152 valence electrons. The first-order valence-electron chi connectivity index (χ1n) is 10.7. The van der Waals surface area contributed by atoms with Gasteiger partial charge in [0.15, 0.2) is 12.0 Å². The molecule has 4 aliphatic carbocycles. The average molecular weight is 392 g/mol. The monoisotopic (exact) mass is 391 g/mol. The van der Waals surface area contributed by atoms with Gasteiger partial charge in [-0.25, -0.2) is 9.36 Å². The van der Waals surface area contributed by atoms with Crippen LogP contribution in [-0.4, -0.2) is 36.3 Å². The van der Waals surface area contributed by atoms with Crippen molar-refractivity contribution in [1.29, 1.82) is 10.7 Å². The highest BCUT2D eigenvalue weighted by atomic mass is 15.4. The topological polar surface area (TPSA) is 86.5 Å². The summed E-state index contributed by atoms with van der Waals surface area (Å²) in [6, 6.07) is 2.02. The van der Waals surface area contributed by atoms with Crippen molar-refractivity contribution >= 4 is 5.84 Å². The van der Waals surface area contributed by atoms with Gasteiger partial charge in [0.05, 0.1) is 23.3 Å². The van der Waals surface area contributed by atoms with Crippen LogP contribution in [0.3, 0.4) is 0 Å². The third kappa shape index (κ3) is 2.88. The summed E-state index contributed by atoms with van der Waals surface area (Å²) >= 11 is 0. The Kier molecular flexibility index (Phi) is 4.09. The molecule has 6 rings (SSSR count). The molecular formula is C22H29N7. The Hall–Kier alpha value is -2.62. The van der Waals surface area contributed by atoms with Gasteiger partial charge in [0.2, 0.25) is 0 Å². The molecule has 2 aromatic rings. The fraction of sp³-hybridized carbons (Fsp3) is 0.636. The largest absolute Gasteiger partial charge is 0.283 e. The van der Waals surface area contributed by atoms with E-state index < -0.39 is 0 Å². The van der Waals surface area contributed by atoms with E-state index >= 15 is 0 Å². The lowest BCUT2D eigenvalue weighted by atomic mass is 9.54. The van der Waals surface area contributed by atoms with E-state index in [0.717, 1.165) is 17.7 Å². The van der Waals surface area contributed by atoms with Crippen molar-refractivity contribution in [3.8, 4) is 12.0 Å². The molecule has 2 aromatic heterocycles. The Bertz CT molecular complexity index is 928. The van der Waals surface area contributed by atoms with E-state index in [-0.39, 0.29) is 17.4 Å². The van der Waals surface area contributed by atoms with Gasteiger partial charge >= 0.3 is 0 Å². The Morgan fingerprint density at radius 2 is 1.79 bits per heavy atom. The number of amidine groups is 1. The number of hydrogen-bond acceptors (Lipinski definition) is 4. The maximum absolute atomic E-state index is 10.1. The SMILES string of the molecule is CC(C)(C)n1ncc(C(=N)N(C#N)C2C3CC4CC(C3)CC2C4)c1-n1cccn1. The minimum absolute atomic E-state index is 0.156. The van der Waals surface area contributed by atoms with Gasteiger partial charge in [0, 0.05) is 12.4 Å². The fourth-order valence-corrected chi connectivity index (χ4v) is 6.33. The van der Waals surface area contributed by atoms with Crippen LogP contribution in [0.1, 0.15) is 58.4 Å². The second-order valence-corrected chi connectivity index (χ2v) is 10.2. The molecule has 4 bridgehead atoms. The quantitative estimate of drug-likeness (QED) is 0.374. The van der Waals surface area contributed by atoms with Crippen molar-refractivity contribution in [3.05, 3.63) is 30.2 Å². The molecule has 4 fully saturated rings. The zero-order valence-electron chi connectivity index (χ0n) is 17.4. The number of nitrogens with one attached hydrogen (secondary N) is 1. The normalized spacial score (nSPS) is 30.3. The van der Waals surface area contributed by atoms with Gasteiger partial charge in [-0.2, -0.15) is 15.5 Å². The molecule has 2 heterocycles. The smallest absolute Gasteiger partial charge is 0.185 e. The maximum Gasteiger partial charge on any atom is 0.185 e. The zero-order valence-corrected chi connectivity index (χ0v) is 17.4. The van der Waals surface area contributed by atoms with Gasteiger partial charge in [-0.05, 0) is 82.6 Å². The summed E-state index contributed by atoms with van der Waals surface area (Å²) in [5.41, 5.74) is 0.402. The number of aromatic nitrogens is 4. The van der Waals surface area contributed by atoms with E-state index in [2.05, 4.69) is 37.2 Å². The highest BCUT2D eigenvalue weighted by Gasteiger charge is 2.51. The number of hydrogen-bond donors (Lipinski definition) is 1. The molecule has 7 heteroatoms. The molecular weight excluding hydrogens is 362 g/mol. The summed E-state index contributed by atoms with van der Waals surface area (Å²) in [4.78, 5) is 1.70. The molecule has 0 saturated heterocycles. The molecule has 0 amide bonds. The summed E-state index contributed by atoms with van der Waals surface area (Å²) < 4.78 is 3.66. The van der Waals surface area contributed by atoms with Crippen molar-refractivity contribution in [2.75, 3.05) is 0 Å². The summed E-state index contributed by atoms with van der Waals surface area (Å²) in [6.45, 7) is 6.25. The molecule has 0 aliphatic heterocycles. The van der Waals surface area contributed by atoms with Crippen molar-refractivity contribution in [2.45, 2.75) is 64.5 Å². The van der Waals surface area contributed by atoms with E-state index in [1.807, 2.05) is 16.9 Å². The van der Waals surface area contributed by atoms with Crippen LogP contribution in [0, 0.1) is 40.5 Å². The number of nitriles is 1.